The summed E-state index contributed by atoms with van der Waals surface area (Å²) in [6.45, 7) is 6.89. The van der Waals surface area contributed by atoms with Gasteiger partial charge in [-0.3, -0.25) is 4.79 Å². The Balaban J connectivity index is 0.00000480. The Bertz CT molecular complexity index is 821. The molecule has 31 heavy (non-hydrogen) atoms. The number of hydrogen-bond acceptors (Lipinski definition) is 6. The molecule has 2 aromatic rings. The zero-order valence-electron chi connectivity index (χ0n) is 17.5. The molecule has 0 amide bonds. The van der Waals surface area contributed by atoms with Crippen molar-refractivity contribution in [2.75, 3.05) is 46.8 Å². The van der Waals surface area contributed by atoms with Crippen LogP contribution in [-0.2, 0) is 9.47 Å². The first-order chi connectivity index (χ1) is 14.6. The number of benzene rings is 2. The summed E-state index contributed by atoms with van der Waals surface area (Å²) >= 11 is 6.26. The molecule has 0 saturated carbocycles. The van der Waals surface area contributed by atoms with Crippen molar-refractivity contribution in [3.63, 3.8) is 0 Å². The van der Waals surface area contributed by atoms with Gasteiger partial charge >= 0.3 is 18.9 Å². The number of carbonyl (C=O) groups excluding carboxylic acids is 1. The van der Waals surface area contributed by atoms with Crippen molar-refractivity contribution in [1.82, 2.24) is 0 Å². The average Bonchev–Trinajstić information content (AvgIpc) is 2.75. The Labute approximate surface area is 202 Å². The van der Waals surface area contributed by atoms with Crippen LogP contribution in [0.25, 0.3) is 0 Å². The van der Waals surface area contributed by atoms with Crippen molar-refractivity contribution in [1.29, 1.82) is 0 Å². The summed E-state index contributed by atoms with van der Waals surface area (Å²) in [7, 11) is 1.33. The maximum atomic E-state index is 13.0. The third kappa shape index (κ3) is 9.02. The molecule has 6 nitrogen and oxygen atoms in total. The molecule has 9 heteroatoms. The Hall–Kier alpha value is -1.25. The van der Waals surface area contributed by atoms with Crippen molar-refractivity contribution in [2.45, 2.75) is 13.8 Å². The number of carbonyl (C=O) groups is 1. The molecule has 0 aliphatic carbocycles. The fourth-order valence-electron chi connectivity index (χ4n) is 2.61. The molecule has 0 spiro atoms. The molecule has 0 fully saturated rings. The summed E-state index contributed by atoms with van der Waals surface area (Å²) < 4.78 is 27.5. The van der Waals surface area contributed by atoms with Crippen LogP contribution in [0.1, 0.15) is 24.2 Å². The molecule has 0 heterocycles. The minimum absolute atomic E-state index is 0. The fraction of sp³-hybridized carbons (Fsp3) is 0.409. The Morgan fingerprint density at radius 1 is 0.935 bits per heavy atom. The van der Waals surface area contributed by atoms with Crippen molar-refractivity contribution in [2.24, 2.45) is 0 Å². The van der Waals surface area contributed by atoms with Crippen molar-refractivity contribution in [3.05, 3.63) is 47.0 Å². The molecule has 0 bridgehead atoms. The molecule has 0 N–H and O–H groups in total. The van der Waals surface area contributed by atoms with E-state index in [1.54, 1.807) is 24.3 Å². The SMILES string of the molecule is CCOCCOc1ccc(PC(=O)c2c(Cl)cccc2OC)c(OCCOCC)c1.[LiH]. The van der Waals surface area contributed by atoms with Crippen LogP contribution in [0.5, 0.6) is 17.2 Å². The average molecular weight is 463 g/mol. The number of ether oxygens (including phenoxy) is 5. The summed E-state index contributed by atoms with van der Waals surface area (Å²) in [6, 6.07) is 10.6. The van der Waals surface area contributed by atoms with Gasteiger partial charge in [0.15, 0.2) is 5.52 Å². The third-order valence-corrected chi connectivity index (χ3v) is 5.49. The van der Waals surface area contributed by atoms with Gasteiger partial charge < -0.3 is 23.7 Å². The van der Waals surface area contributed by atoms with Gasteiger partial charge in [-0.1, -0.05) is 17.7 Å². The van der Waals surface area contributed by atoms with Crippen LogP contribution in [0.15, 0.2) is 36.4 Å². The standard InChI is InChI=1S/C22H28ClO6P.Li.H/c1-4-26-11-13-28-16-9-10-20(19(15-16)29-14-12-27-5-2)30-22(24)21-17(23)7-6-8-18(21)25-3;;/h6-10,15,30H,4-5,11-14H2,1-3H3;;. The van der Waals surface area contributed by atoms with E-state index in [4.69, 9.17) is 35.3 Å². The first-order valence-electron chi connectivity index (χ1n) is 9.79. The molecule has 0 aliphatic heterocycles. The maximum absolute atomic E-state index is 13.0. The summed E-state index contributed by atoms with van der Waals surface area (Å²) in [6.07, 6.45) is 0. The Morgan fingerprint density at radius 3 is 2.26 bits per heavy atom. The fourth-order valence-corrected chi connectivity index (χ4v) is 4.01. The zero-order valence-corrected chi connectivity index (χ0v) is 19.3. The topological polar surface area (TPSA) is 63.2 Å². The molecular weight excluding hydrogens is 434 g/mol. The normalized spacial score (nSPS) is 10.7. The molecule has 0 radical (unpaired) electrons. The number of halogens is 1. The molecule has 0 aromatic heterocycles. The summed E-state index contributed by atoms with van der Waals surface area (Å²) in [5.74, 6) is 1.69. The van der Waals surface area contributed by atoms with E-state index in [1.165, 1.54) is 7.11 Å². The molecule has 2 aromatic carbocycles. The van der Waals surface area contributed by atoms with Crippen molar-refractivity contribution < 1.29 is 28.5 Å². The number of hydrogen-bond donors (Lipinski definition) is 0. The van der Waals surface area contributed by atoms with Crippen LogP contribution in [0.3, 0.4) is 0 Å². The quantitative estimate of drug-likeness (QED) is 0.242. The van der Waals surface area contributed by atoms with E-state index >= 15 is 0 Å². The molecule has 0 aliphatic rings. The van der Waals surface area contributed by atoms with Crippen LogP contribution in [0.4, 0.5) is 0 Å². The van der Waals surface area contributed by atoms with E-state index in [2.05, 4.69) is 0 Å². The third-order valence-electron chi connectivity index (χ3n) is 4.01. The van der Waals surface area contributed by atoms with Crippen LogP contribution in [0, 0.1) is 0 Å². The van der Waals surface area contributed by atoms with Crippen LogP contribution in [-0.4, -0.2) is 71.1 Å². The predicted octanol–water partition coefficient (Wildman–Crippen LogP) is 3.67. The monoisotopic (exact) mass is 462 g/mol. The van der Waals surface area contributed by atoms with Gasteiger partial charge in [-0.05, 0) is 46.7 Å². The molecule has 1 atom stereocenters. The van der Waals surface area contributed by atoms with Crippen LogP contribution >= 0.6 is 20.2 Å². The first kappa shape index (κ1) is 27.8. The molecule has 2 rings (SSSR count). The first-order valence-corrected chi connectivity index (χ1v) is 11.2. The predicted molar refractivity (Wildman–Crippen MR) is 128 cm³/mol. The second-order valence-electron chi connectivity index (χ2n) is 6.02. The van der Waals surface area contributed by atoms with E-state index in [9.17, 15) is 4.79 Å². The van der Waals surface area contributed by atoms with E-state index in [-0.39, 0.29) is 33.0 Å². The van der Waals surface area contributed by atoms with E-state index < -0.39 is 0 Å². The second-order valence-corrected chi connectivity index (χ2v) is 7.67. The van der Waals surface area contributed by atoms with Gasteiger partial charge in [-0.2, -0.15) is 0 Å². The van der Waals surface area contributed by atoms with Crippen LogP contribution in [0.2, 0.25) is 5.02 Å². The van der Waals surface area contributed by atoms with Gasteiger partial charge in [0.2, 0.25) is 0 Å². The van der Waals surface area contributed by atoms with Gasteiger partial charge in [0.1, 0.15) is 30.5 Å². The van der Waals surface area contributed by atoms with E-state index in [0.717, 1.165) is 5.30 Å². The number of rotatable bonds is 14. The van der Waals surface area contributed by atoms with Gasteiger partial charge in [-0.15, -0.1) is 0 Å². The van der Waals surface area contributed by atoms with Gasteiger partial charge in [0, 0.05) is 24.6 Å². The van der Waals surface area contributed by atoms with Gasteiger partial charge in [-0.25, -0.2) is 0 Å². The van der Waals surface area contributed by atoms with E-state index in [1.807, 2.05) is 26.0 Å². The molecule has 166 valence electrons. The molecule has 1 unspecified atom stereocenters. The Morgan fingerprint density at radius 2 is 1.61 bits per heavy atom. The molecular formula is C22H29ClLiO6P. The summed E-state index contributed by atoms with van der Waals surface area (Å²) in [5, 5.41) is 1.12. The van der Waals surface area contributed by atoms with Crippen molar-refractivity contribution in [3.8, 4) is 17.2 Å². The number of methoxy groups -OCH3 is 1. The van der Waals surface area contributed by atoms with Gasteiger partial charge in [0.25, 0.3) is 0 Å². The van der Waals surface area contributed by atoms with Crippen molar-refractivity contribution >= 4 is 49.9 Å². The van der Waals surface area contributed by atoms with Gasteiger partial charge in [0.05, 0.1) is 30.9 Å². The molecule has 0 saturated heterocycles. The summed E-state index contributed by atoms with van der Waals surface area (Å²) in [5.41, 5.74) is 0.245. The van der Waals surface area contributed by atoms with Crippen LogP contribution < -0.4 is 19.5 Å². The summed E-state index contributed by atoms with van der Waals surface area (Å²) in [4.78, 5) is 13.0. The van der Waals surface area contributed by atoms with E-state index in [0.29, 0.717) is 67.5 Å². The Kier molecular flexibility index (Phi) is 13.9. The zero-order chi connectivity index (χ0) is 21.8. The minimum atomic E-state index is -0.188. The second kappa shape index (κ2) is 15.5.